The van der Waals surface area contributed by atoms with Gasteiger partial charge in [-0.25, -0.2) is 10.5 Å². The zero-order chi connectivity index (χ0) is 19.2. The first-order chi connectivity index (χ1) is 13.1. The number of unbranched alkanes of at least 4 members (excludes halogenated alkanes) is 1. The smallest absolute Gasteiger partial charge is 0.243 e. The number of rotatable bonds is 8. The highest BCUT2D eigenvalue weighted by Crippen LogP contribution is 2.28. The van der Waals surface area contributed by atoms with Crippen LogP contribution in [-0.2, 0) is 4.79 Å². The van der Waals surface area contributed by atoms with Gasteiger partial charge in [0.1, 0.15) is 11.3 Å². The molecular weight excluding hydrogens is 348 g/mol. The van der Waals surface area contributed by atoms with Gasteiger partial charge in [0.25, 0.3) is 0 Å². The zero-order valence-corrected chi connectivity index (χ0v) is 15.0. The van der Waals surface area contributed by atoms with Crippen molar-refractivity contribution in [3.8, 4) is 17.2 Å². The van der Waals surface area contributed by atoms with Gasteiger partial charge in [-0.15, -0.1) is 0 Å². The Morgan fingerprint density at radius 3 is 2.70 bits per heavy atom. The Bertz CT molecular complexity index is 904. The molecule has 0 aliphatic heterocycles. The lowest BCUT2D eigenvalue weighted by Gasteiger charge is -2.11. The van der Waals surface area contributed by atoms with Crippen LogP contribution in [0.2, 0.25) is 0 Å². The van der Waals surface area contributed by atoms with Crippen molar-refractivity contribution in [1.82, 2.24) is 10.5 Å². The van der Waals surface area contributed by atoms with E-state index in [0.717, 1.165) is 22.4 Å². The molecule has 0 bridgehead atoms. The molecule has 0 spiro atoms. The minimum Gasteiger partial charge on any atom is -0.497 e. The van der Waals surface area contributed by atoms with Gasteiger partial charge in [0.05, 0.1) is 13.2 Å². The summed E-state index contributed by atoms with van der Waals surface area (Å²) in [5.41, 5.74) is 4.62. The van der Waals surface area contributed by atoms with Crippen LogP contribution < -0.4 is 10.2 Å². The van der Waals surface area contributed by atoms with Gasteiger partial charge in [0.15, 0.2) is 5.58 Å². The fourth-order valence-electron chi connectivity index (χ4n) is 2.85. The Morgan fingerprint density at radius 1 is 1.22 bits per heavy atom. The van der Waals surface area contributed by atoms with E-state index >= 15 is 0 Å². The van der Waals surface area contributed by atoms with Crippen LogP contribution in [0.5, 0.6) is 5.75 Å². The molecule has 1 aromatic heterocycles. The van der Waals surface area contributed by atoms with E-state index < -0.39 is 12.0 Å². The van der Waals surface area contributed by atoms with Crippen molar-refractivity contribution in [2.45, 2.75) is 31.8 Å². The summed E-state index contributed by atoms with van der Waals surface area (Å²) >= 11 is 0. The number of oxazole rings is 1. The van der Waals surface area contributed by atoms with E-state index in [4.69, 9.17) is 14.4 Å². The minimum absolute atomic E-state index is 0.241. The van der Waals surface area contributed by atoms with Crippen LogP contribution in [0.25, 0.3) is 22.6 Å². The molecule has 0 aliphatic rings. The maximum Gasteiger partial charge on any atom is 0.243 e. The molecule has 142 valence electrons. The lowest BCUT2D eigenvalue weighted by Crippen LogP contribution is -2.17. The zero-order valence-electron chi connectivity index (χ0n) is 15.0. The number of aliphatic hydroxyl groups excluding tert-OH is 1. The van der Waals surface area contributed by atoms with Gasteiger partial charge < -0.3 is 14.3 Å². The number of hydroxylamine groups is 1. The Balaban J connectivity index is 1.63. The van der Waals surface area contributed by atoms with Crippen molar-refractivity contribution in [3.05, 3.63) is 48.0 Å². The molecule has 1 unspecified atom stereocenters. The average molecular weight is 370 g/mol. The van der Waals surface area contributed by atoms with Crippen molar-refractivity contribution in [1.29, 1.82) is 0 Å². The Morgan fingerprint density at radius 2 is 2.00 bits per heavy atom. The van der Waals surface area contributed by atoms with Crippen molar-refractivity contribution in [2.75, 3.05) is 7.11 Å². The first-order valence-electron chi connectivity index (χ1n) is 8.76. The molecule has 0 saturated heterocycles. The molecule has 0 fully saturated rings. The van der Waals surface area contributed by atoms with Gasteiger partial charge >= 0.3 is 0 Å². The number of amides is 1. The second kappa shape index (κ2) is 8.66. The fraction of sp³-hybridized carbons (Fsp3) is 0.300. The van der Waals surface area contributed by atoms with E-state index in [1.165, 1.54) is 0 Å². The highest BCUT2D eigenvalue weighted by Gasteiger charge is 2.12. The van der Waals surface area contributed by atoms with E-state index in [9.17, 15) is 9.90 Å². The first-order valence-corrected chi connectivity index (χ1v) is 8.76. The number of ether oxygens (including phenoxy) is 1. The fourth-order valence-corrected chi connectivity index (χ4v) is 2.85. The number of benzene rings is 2. The number of carbonyl (C=O) groups excluding carboxylic acids is 1. The Kier molecular flexibility index (Phi) is 6.05. The number of nitrogens with one attached hydrogen (secondary N) is 1. The van der Waals surface area contributed by atoms with Gasteiger partial charge in [0, 0.05) is 18.1 Å². The van der Waals surface area contributed by atoms with E-state index in [-0.39, 0.29) is 6.42 Å². The van der Waals surface area contributed by atoms with Crippen LogP contribution in [0, 0.1) is 0 Å². The van der Waals surface area contributed by atoms with Gasteiger partial charge in [-0.05, 0) is 42.7 Å². The first kappa shape index (κ1) is 18.9. The van der Waals surface area contributed by atoms with E-state index in [2.05, 4.69) is 4.98 Å². The third-order valence-electron chi connectivity index (χ3n) is 4.39. The van der Waals surface area contributed by atoms with Crippen molar-refractivity contribution in [3.63, 3.8) is 0 Å². The van der Waals surface area contributed by atoms with Crippen LogP contribution >= 0.6 is 0 Å². The van der Waals surface area contributed by atoms with Crippen molar-refractivity contribution >= 4 is 17.0 Å². The summed E-state index contributed by atoms with van der Waals surface area (Å²) in [6.45, 7) is 0. The predicted molar refractivity (Wildman–Crippen MR) is 99.4 cm³/mol. The standard InChI is InChI=1S/C20H22N2O5/c1-26-15-10-11-18-16(12-15)21-20(27-18)14-8-6-13(7-9-14)17(23)4-2-3-5-19(24)22-25/h6-12,17,23,25H,2-5H2,1H3,(H,22,24). The molecule has 3 rings (SSSR count). The number of aromatic nitrogens is 1. The van der Waals surface area contributed by atoms with Crippen LogP contribution in [0.15, 0.2) is 46.9 Å². The number of carbonyl (C=O) groups is 1. The molecule has 1 amide bonds. The number of fused-ring (bicyclic) bond motifs is 1. The number of nitrogens with zero attached hydrogens (tertiary/aromatic N) is 1. The molecular formula is C20H22N2O5. The van der Waals surface area contributed by atoms with E-state index in [1.54, 1.807) is 12.6 Å². The maximum absolute atomic E-state index is 11.0. The third kappa shape index (κ3) is 4.64. The quantitative estimate of drug-likeness (QED) is 0.318. The monoisotopic (exact) mass is 370 g/mol. The summed E-state index contributed by atoms with van der Waals surface area (Å²) < 4.78 is 11.0. The molecule has 0 saturated carbocycles. The number of hydrogen-bond donors (Lipinski definition) is 3. The highest BCUT2D eigenvalue weighted by atomic mass is 16.5. The molecule has 1 heterocycles. The van der Waals surface area contributed by atoms with Gasteiger partial charge in [0.2, 0.25) is 11.8 Å². The van der Waals surface area contributed by atoms with Gasteiger partial charge in [-0.1, -0.05) is 18.6 Å². The number of hydrogen-bond acceptors (Lipinski definition) is 6. The molecule has 3 N–H and O–H groups in total. The number of methoxy groups -OCH3 is 1. The van der Waals surface area contributed by atoms with Crippen LogP contribution in [0.1, 0.15) is 37.4 Å². The molecule has 7 nitrogen and oxygen atoms in total. The topological polar surface area (TPSA) is 105 Å². The molecule has 1 atom stereocenters. The molecule has 2 aromatic carbocycles. The lowest BCUT2D eigenvalue weighted by molar-refractivity contribution is -0.129. The minimum atomic E-state index is -0.607. The Labute approximate surface area is 156 Å². The number of aliphatic hydroxyl groups is 1. The van der Waals surface area contributed by atoms with Crippen molar-refractivity contribution in [2.24, 2.45) is 0 Å². The van der Waals surface area contributed by atoms with Crippen LogP contribution in [0.4, 0.5) is 0 Å². The van der Waals surface area contributed by atoms with Crippen LogP contribution in [-0.4, -0.2) is 28.3 Å². The lowest BCUT2D eigenvalue weighted by atomic mass is 10.0. The molecule has 7 heteroatoms. The normalized spacial score (nSPS) is 12.1. The molecule has 0 radical (unpaired) electrons. The summed E-state index contributed by atoms with van der Waals surface area (Å²) in [5.74, 6) is 0.816. The average Bonchev–Trinajstić information content (AvgIpc) is 3.14. The highest BCUT2D eigenvalue weighted by molar-refractivity contribution is 5.77. The second-order valence-electron chi connectivity index (χ2n) is 6.27. The molecule has 27 heavy (non-hydrogen) atoms. The summed E-state index contributed by atoms with van der Waals surface area (Å²) in [4.78, 5) is 15.4. The van der Waals surface area contributed by atoms with Crippen molar-refractivity contribution < 1.29 is 24.3 Å². The third-order valence-corrected chi connectivity index (χ3v) is 4.39. The summed E-state index contributed by atoms with van der Waals surface area (Å²) in [7, 11) is 1.60. The Hall–Kier alpha value is -2.90. The van der Waals surface area contributed by atoms with E-state index in [0.29, 0.717) is 30.7 Å². The largest absolute Gasteiger partial charge is 0.497 e. The second-order valence-corrected chi connectivity index (χ2v) is 6.27. The molecule has 3 aromatic rings. The van der Waals surface area contributed by atoms with Gasteiger partial charge in [-0.3, -0.25) is 10.0 Å². The maximum atomic E-state index is 11.0. The van der Waals surface area contributed by atoms with Gasteiger partial charge in [-0.2, -0.15) is 0 Å². The summed E-state index contributed by atoms with van der Waals surface area (Å²) in [5, 5.41) is 18.7. The predicted octanol–water partition coefficient (Wildman–Crippen LogP) is 3.60. The SMILES string of the molecule is COc1ccc2oc(-c3ccc(C(O)CCCCC(=O)NO)cc3)nc2c1. The van der Waals surface area contributed by atoms with E-state index in [1.807, 2.05) is 42.5 Å². The molecule has 0 aliphatic carbocycles. The van der Waals surface area contributed by atoms with Crippen LogP contribution in [0.3, 0.4) is 0 Å². The summed E-state index contributed by atoms with van der Waals surface area (Å²) in [6, 6.07) is 12.9. The summed E-state index contributed by atoms with van der Waals surface area (Å²) in [6.07, 6.45) is 1.46.